The summed E-state index contributed by atoms with van der Waals surface area (Å²) in [6.07, 6.45) is 1.41. The number of nitriles is 1. The fourth-order valence-electron chi connectivity index (χ4n) is 2.42. The Labute approximate surface area is 139 Å². The van der Waals surface area contributed by atoms with Gasteiger partial charge < -0.3 is 9.31 Å². The molecule has 0 aliphatic carbocycles. The van der Waals surface area contributed by atoms with Crippen LogP contribution in [0.1, 0.15) is 33.3 Å². The number of nitrogens with zero attached hydrogens (tertiary/aromatic N) is 4. The number of rotatable bonds is 2. The molecule has 6 nitrogen and oxygen atoms in total. The maximum Gasteiger partial charge on any atom is 0.497 e. The smallest absolute Gasteiger partial charge is 0.399 e. The fraction of sp³-hybridized carbons (Fsp3) is 0.375. The molecule has 1 aromatic heterocycles. The maximum atomic E-state index is 15.1. The van der Waals surface area contributed by atoms with Crippen molar-refractivity contribution in [2.45, 2.75) is 38.9 Å². The molecule has 8 heteroatoms. The number of halogens is 1. The van der Waals surface area contributed by atoms with Crippen LogP contribution in [0, 0.1) is 17.1 Å². The molecule has 1 saturated heterocycles. The molecular formula is C16H16BFN4O2. The first-order valence-corrected chi connectivity index (χ1v) is 7.49. The Morgan fingerprint density at radius 1 is 1.17 bits per heavy atom. The second-order valence-electron chi connectivity index (χ2n) is 6.63. The maximum absolute atomic E-state index is 15.1. The molecule has 122 valence electrons. The van der Waals surface area contributed by atoms with Crippen molar-refractivity contribution in [1.29, 1.82) is 5.26 Å². The van der Waals surface area contributed by atoms with Gasteiger partial charge in [0.2, 0.25) is 0 Å². The second-order valence-corrected chi connectivity index (χ2v) is 6.63. The van der Waals surface area contributed by atoms with Gasteiger partial charge in [-0.3, -0.25) is 0 Å². The Morgan fingerprint density at radius 2 is 1.83 bits per heavy atom. The highest BCUT2D eigenvalue weighted by Gasteiger charge is 2.52. The summed E-state index contributed by atoms with van der Waals surface area (Å²) in [6, 6.07) is 6.42. The van der Waals surface area contributed by atoms with E-state index in [-0.39, 0.29) is 22.3 Å². The Hall–Kier alpha value is -2.37. The summed E-state index contributed by atoms with van der Waals surface area (Å²) in [4.78, 5) is 0. The third-order valence-electron chi connectivity index (χ3n) is 4.52. The van der Waals surface area contributed by atoms with Gasteiger partial charge in [0, 0.05) is 11.0 Å². The predicted molar refractivity (Wildman–Crippen MR) is 85.7 cm³/mol. The minimum atomic E-state index is -0.906. The highest BCUT2D eigenvalue weighted by Crippen LogP contribution is 2.37. The van der Waals surface area contributed by atoms with Gasteiger partial charge in [0.15, 0.2) is 0 Å². The normalized spacial score (nSPS) is 18.4. The van der Waals surface area contributed by atoms with Gasteiger partial charge in [-0.05, 0) is 51.1 Å². The van der Waals surface area contributed by atoms with Crippen molar-refractivity contribution in [2.24, 2.45) is 0 Å². The van der Waals surface area contributed by atoms with Gasteiger partial charge in [0.05, 0.1) is 34.7 Å². The van der Waals surface area contributed by atoms with Crippen molar-refractivity contribution in [1.82, 2.24) is 15.4 Å². The summed E-state index contributed by atoms with van der Waals surface area (Å²) in [6.45, 7) is 7.53. The lowest BCUT2D eigenvalue weighted by molar-refractivity contribution is 0.00578. The van der Waals surface area contributed by atoms with Crippen molar-refractivity contribution < 1.29 is 13.7 Å². The van der Waals surface area contributed by atoms with Crippen LogP contribution in [0.3, 0.4) is 0 Å². The molecule has 1 aliphatic rings. The van der Waals surface area contributed by atoms with Crippen LogP contribution in [0.5, 0.6) is 0 Å². The van der Waals surface area contributed by atoms with Crippen LogP contribution < -0.4 is 5.46 Å². The zero-order valence-corrected chi connectivity index (χ0v) is 13.9. The van der Waals surface area contributed by atoms with E-state index in [1.54, 1.807) is 0 Å². The van der Waals surface area contributed by atoms with Crippen LogP contribution in [-0.4, -0.2) is 33.7 Å². The highest BCUT2D eigenvalue weighted by atomic mass is 19.1. The second kappa shape index (κ2) is 5.62. The lowest BCUT2D eigenvalue weighted by Crippen LogP contribution is -2.41. The number of hydrogen-bond donors (Lipinski definition) is 0. The summed E-state index contributed by atoms with van der Waals surface area (Å²) >= 11 is 0. The van der Waals surface area contributed by atoms with E-state index in [2.05, 4.69) is 15.4 Å². The molecule has 0 unspecified atom stereocenters. The van der Waals surface area contributed by atoms with E-state index < -0.39 is 24.1 Å². The van der Waals surface area contributed by atoms with Crippen molar-refractivity contribution in [3.8, 4) is 17.3 Å². The van der Waals surface area contributed by atoms with Gasteiger partial charge in [-0.25, -0.2) is 4.39 Å². The molecule has 0 spiro atoms. The van der Waals surface area contributed by atoms with Gasteiger partial charge in [0.1, 0.15) is 5.82 Å². The summed E-state index contributed by atoms with van der Waals surface area (Å²) in [5.74, 6) is -0.548. The standard InChI is InChI=1S/C16H16BFN4O2/c1-15(2)16(3,4)24-17(23-15)12-8-10(9-19)7-11(14(12)18)13-5-6-20-22-21-13/h5-8H,1-4H3. The van der Waals surface area contributed by atoms with Crippen LogP contribution in [0.25, 0.3) is 11.3 Å². The average molecular weight is 326 g/mol. The molecule has 3 rings (SSSR count). The molecular weight excluding hydrogens is 310 g/mol. The minimum absolute atomic E-state index is 0.161. The lowest BCUT2D eigenvalue weighted by Gasteiger charge is -2.32. The fourth-order valence-corrected chi connectivity index (χ4v) is 2.42. The minimum Gasteiger partial charge on any atom is -0.399 e. The monoisotopic (exact) mass is 326 g/mol. The molecule has 2 heterocycles. The zero-order valence-electron chi connectivity index (χ0n) is 13.9. The number of aromatic nitrogens is 3. The average Bonchev–Trinajstić information content (AvgIpc) is 2.76. The third-order valence-corrected chi connectivity index (χ3v) is 4.52. The van der Waals surface area contributed by atoms with Gasteiger partial charge in [-0.15, -0.1) is 10.2 Å². The molecule has 0 amide bonds. The molecule has 2 aromatic rings. The SMILES string of the molecule is CC1(C)OB(c2cc(C#N)cc(-c3ccnnn3)c2F)OC1(C)C. The molecule has 0 saturated carbocycles. The first-order chi connectivity index (χ1) is 11.2. The van der Waals surface area contributed by atoms with E-state index >= 15 is 4.39 Å². The van der Waals surface area contributed by atoms with Gasteiger partial charge in [-0.1, -0.05) is 0 Å². The largest absolute Gasteiger partial charge is 0.497 e. The van der Waals surface area contributed by atoms with E-state index in [1.165, 1.54) is 24.4 Å². The predicted octanol–water partition coefficient (Wildman–Crippen LogP) is 1.85. The first-order valence-electron chi connectivity index (χ1n) is 7.49. The zero-order chi connectivity index (χ0) is 17.5. The molecule has 0 bridgehead atoms. The van der Waals surface area contributed by atoms with E-state index in [4.69, 9.17) is 9.31 Å². The van der Waals surface area contributed by atoms with Crippen molar-refractivity contribution in [3.63, 3.8) is 0 Å². The summed E-state index contributed by atoms with van der Waals surface area (Å²) in [5.41, 5.74) is -0.311. The summed E-state index contributed by atoms with van der Waals surface area (Å²) < 4.78 is 26.9. The van der Waals surface area contributed by atoms with Gasteiger partial charge in [0.25, 0.3) is 0 Å². The molecule has 0 radical (unpaired) electrons. The number of benzene rings is 1. The van der Waals surface area contributed by atoms with Crippen LogP contribution >= 0.6 is 0 Å². The van der Waals surface area contributed by atoms with E-state index in [0.29, 0.717) is 0 Å². The summed E-state index contributed by atoms with van der Waals surface area (Å²) in [7, 11) is -0.906. The Morgan fingerprint density at radius 3 is 2.38 bits per heavy atom. The van der Waals surface area contributed by atoms with E-state index in [1.807, 2.05) is 33.8 Å². The Kier molecular flexibility index (Phi) is 3.86. The van der Waals surface area contributed by atoms with Crippen molar-refractivity contribution in [2.75, 3.05) is 0 Å². The topological polar surface area (TPSA) is 80.9 Å². The van der Waals surface area contributed by atoms with Crippen molar-refractivity contribution in [3.05, 3.63) is 35.8 Å². The number of hydrogen-bond acceptors (Lipinski definition) is 6. The molecule has 24 heavy (non-hydrogen) atoms. The highest BCUT2D eigenvalue weighted by molar-refractivity contribution is 6.62. The van der Waals surface area contributed by atoms with Crippen LogP contribution in [0.4, 0.5) is 4.39 Å². The molecule has 0 atom stereocenters. The first kappa shape index (κ1) is 16.5. The summed E-state index contributed by atoms with van der Waals surface area (Å²) in [5, 5.41) is 20.2. The van der Waals surface area contributed by atoms with E-state index in [0.717, 1.165) is 0 Å². The lowest BCUT2D eigenvalue weighted by atomic mass is 9.76. The van der Waals surface area contributed by atoms with Crippen molar-refractivity contribution >= 4 is 12.6 Å². The van der Waals surface area contributed by atoms with Gasteiger partial charge in [-0.2, -0.15) is 5.26 Å². The third kappa shape index (κ3) is 2.66. The van der Waals surface area contributed by atoms with Crippen LogP contribution in [0.15, 0.2) is 24.4 Å². The molecule has 0 N–H and O–H groups in total. The van der Waals surface area contributed by atoms with E-state index in [9.17, 15) is 5.26 Å². The van der Waals surface area contributed by atoms with Crippen LogP contribution in [-0.2, 0) is 9.31 Å². The van der Waals surface area contributed by atoms with Crippen LogP contribution in [0.2, 0.25) is 0 Å². The Balaban J connectivity index is 2.12. The molecule has 1 aromatic carbocycles. The van der Waals surface area contributed by atoms with Gasteiger partial charge >= 0.3 is 7.12 Å². The quantitative estimate of drug-likeness (QED) is 0.784. The molecule has 1 aliphatic heterocycles. The molecule has 1 fully saturated rings. The Bertz CT molecular complexity index is 805.